The van der Waals surface area contributed by atoms with Crippen LogP contribution in [0.15, 0.2) is 47.6 Å². The van der Waals surface area contributed by atoms with Gasteiger partial charge in [-0.3, -0.25) is 9.59 Å². The van der Waals surface area contributed by atoms with E-state index >= 15 is 0 Å². The number of fused-ring (bicyclic) bond motifs is 1. The number of benzene rings is 2. The van der Waals surface area contributed by atoms with Crippen LogP contribution in [0.3, 0.4) is 0 Å². The van der Waals surface area contributed by atoms with Gasteiger partial charge in [0, 0.05) is 9.90 Å². The van der Waals surface area contributed by atoms with Crippen molar-refractivity contribution in [1.29, 1.82) is 5.26 Å². The molecule has 2 amide bonds. The summed E-state index contributed by atoms with van der Waals surface area (Å²) in [4.78, 5) is 25.8. The molecule has 1 aliphatic rings. The van der Waals surface area contributed by atoms with E-state index < -0.39 is 11.8 Å². The minimum Gasteiger partial charge on any atom is -0.490 e. The SMILES string of the molecule is CCOc1cc(/C=N/NC(=O)C(=O)Nc2sc3c(c2C#N)CCCC3)ccc1OCc1ccc(Cl)cc1. The smallest absolute Gasteiger partial charge is 0.329 e. The Morgan fingerprint density at radius 2 is 1.89 bits per heavy atom. The van der Waals surface area contributed by atoms with Gasteiger partial charge in [-0.1, -0.05) is 23.7 Å². The quantitative estimate of drug-likeness (QED) is 0.233. The van der Waals surface area contributed by atoms with Gasteiger partial charge in [-0.05, 0) is 79.6 Å². The number of aryl methyl sites for hydroxylation is 1. The van der Waals surface area contributed by atoms with Crippen molar-refractivity contribution in [3.8, 4) is 17.6 Å². The minimum atomic E-state index is -0.931. The van der Waals surface area contributed by atoms with E-state index in [0.29, 0.717) is 45.9 Å². The lowest BCUT2D eigenvalue weighted by atomic mass is 9.96. The van der Waals surface area contributed by atoms with Crippen molar-refractivity contribution in [2.75, 3.05) is 11.9 Å². The third-order valence-corrected chi connectivity index (χ3v) is 7.13. The Bertz CT molecular complexity index is 1360. The number of nitrogens with zero attached hydrogens (tertiary/aromatic N) is 2. The molecule has 0 bridgehead atoms. The van der Waals surface area contributed by atoms with E-state index in [1.807, 2.05) is 19.1 Å². The van der Waals surface area contributed by atoms with Crippen LogP contribution in [-0.2, 0) is 29.0 Å². The highest BCUT2D eigenvalue weighted by molar-refractivity contribution is 7.16. The molecule has 1 aliphatic carbocycles. The highest BCUT2D eigenvalue weighted by atomic mass is 35.5. The van der Waals surface area contributed by atoms with E-state index in [-0.39, 0.29) is 0 Å². The molecule has 3 aromatic rings. The number of nitrogens with one attached hydrogen (secondary N) is 2. The molecule has 1 aromatic heterocycles. The summed E-state index contributed by atoms with van der Waals surface area (Å²) in [5.74, 6) is -0.729. The molecule has 0 radical (unpaired) electrons. The van der Waals surface area contributed by atoms with Crippen molar-refractivity contribution >= 4 is 46.0 Å². The van der Waals surface area contributed by atoms with Gasteiger partial charge in [-0.25, -0.2) is 5.43 Å². The Morgan fingerprint density at radius 1 is 1.11 bits per heavy atom. The van der Waals surface area contributed by atoms with Gasteiger partial charge in [0.05, 0.1) is 18.4 Å². The number of hydrogen-bond acceptors (Lipinski definition) is 7. The number of carbonyl (C=O) groups is 2. The van der Waals surface area contributed by atoms with E-state index in [0.717, 1.165) is 41.7 Å². The molecule has 10 heteroatoms. The highest BCUT2D eigenvalue weighted by Crippen LogP contribution is 2.37. The topological polar surface area (TPSA) is 113 Å². The van der Waals surface area contributed by atoms with E-state index in [2.05, 4.69) is 21.9 Å². The van der Waals surface area contributed by atoms with E-state index in [4.69, 9.17) is 21.1 Å². The summed E-state index contributed by atoms with van der Waals surface area (Å²) in [6, 6.07) is 14.8. The standard InChI is InChI=1S/C27H25ClN4O4S/c1-2-35-23-13-18(9-12-22(23)36-16-17-7-10-19(28)11-8-17)15-30-32-26(34)25(33)31-27-21(14-29)20-5-3-4-6-24(20)37-27/h7-13,15H,2-6,16H2,1H3,(H,31,33)(H,32,34)/b30-15+. The second-order valence-corrected chi connectivity index (χ2v) is 9.78. The fourth-order valence-corrected chi connectivity index (χ4v) is 5.24. The molecule has 37 heavy (non-hydrogen) atoms. The summed E-state index contributed by atoms with van der Waals surface area (Å²) in [5, 5.41) is 17.0. The van der Waals surface area contributed by atoms with Crippen LogP contribution in [0.5, 0.6) is 11.5 Å². The monoisotopic (exact) mass is 536 g/mol. The zero-order chi connectivity index (χ0) is 26.2. The fourth-order valence-electron chi connectivity index (χ4n) is 3.88. The molecule has 0 saturated heterocycles. The first-order chi connectivity index (χ1) is 18.0. The predicted molar refractivity (Wildman–Crippen MR) is 143 cm³/mol. The number of thiophene rings is 1. The molecule has 0 unspecified atom stereocenters. The number of rotatable bonds is 8. The maximum Gasteiger partial charge on any atom is 0.329 e. The second kappa shape index (κ2) is 12.4. The fraction of sp³-hybridized carbons (Fsp3) is 0.259. The predicted octanol–water partition coefficient (Wildman–Crippen LogP) is 5.22. The highest BCUT2D eigenvalue weighted by Gasteiger charge is 2.23. The number of halogens is 1. The summed E-state index contributed by atoms with van der Waals surface area (Å²) < 4.78 is 11.6. The molecular formula is C27H25ClN4O4S. The first-order valence-electron chi connectivity index (χ1n) is 11.8. The van der Waals surface area contributed by atoms with Crippen molar-refractivity contribution in [3.63, 3.8) is 0 Å². The first-order valence-corrected chi connectivity index (χ1v) is 13.0. The molecule has 4 rings (SSSR count). The summed E-state index contributed by atoms with van der Waals surface area (Å²) in [6.45, 7) is 2.65. The van der Waals surface area contributed by atoms with Gasteiger partial charge in [-0.2, -0.15) is 10.4 Å². The summed E-state index contributed by atoms with van der Waals surface area (Å²) in [6.07, 6.45) is 5.18. The van der Waals surface area contributed by atoms with Crippen molar-refractivity contribution in [2.24, 2.45) is 5.10 Å². The van der Waals surface area contributed by atoms with E-state index in [9.17, 15) is 14.9 Å². The second-order valence-electron chi connectivity index (χ2n) is 8.23. The molecule has 1 heterocycles. The Kier molecular flexibility index (Phi) is 8.77. The van der Waals surface area contributed by atoms with Crippen LogP contribution in [0, 0.1) is 11.3 Å². The van der Waals surface area contributed by atoms with Crippen molar-refractivity contribution in [2.45, 2.75) is 39.2 Å². The summed E-state index contributed by atoms with van der Waals surface area (Å²) in [5.41, 5.74) is 5.26. The normalized spacial score (nSPS) is 12.5. The van der Waals surface area contributed by atoms with Gasteiger partial charge in [0.2, 0.25) is 0 Å². The number of amides is 2. The lowest BCUT2D eigenvalue weighted by molar-refractivity contribution is -0.136. The van der Waals surface area contributed by atoms with Crippen LogP contribution < -0.4 is 20.2 Å². The molecule has 2 N–H and O–H groups in total. The van der Waals surface area contributed by atoms with Crippen LogP contribution in [0.25, 0.3) is 0 Å². The van der Waals surface area contributed by atoms with Gasteiger partial charge in [0.25, 0.3) is 0 Å². The van der Waals surface area contributed by atoms with Crippen molar-refractivity contribution in [1.82, 2.24) is 5.43 Å². The third-order valence-electron chi connectivity index (χ3n) is 5.67. The van der Waals surface area contributed by atoms with Gasteiger partial charge >= 0.3 is 11.8 Å². The third kappa shape index (κ3) is 6.67. The van der Waals surface area contributed by atoms with Gasteiger partial charge < -0.3 is 14.8 Å². The van der Waals surface area contributed by atoms with Crippen LogP contribution in [-0.4, -0.2) is 24.6 Å². The zero-order valence-electron chi connectivity index (χ0n) is 20.2. The lowest BCUT2D eigenvalue weighted by Gasteiger charge is -2.12. The van der Waals surface area contributed by atoms with Crippen LogP contribution in [0.4, 0.5) is 5.00 Å². The average Bonchev–Trinajstić information content (AvgIpc) is 3.26. The number of ether oxygens (including phenoxy) is 2. The number of carbonyl (C=O) groups excluding carboxylic acids is 2. The largest absolute Gasteiger partial charge is 0.490 e. The molecule has 190 valence electrons. The van der Waals surface area contributed by atoms with Crippen molar-refractivity contribution < 1.29 is 19.1 Å². The Balaban J connectivity index is 1.36. The molecular weight excluding hydrogens is 512 g/mol. The van der Waals surface area contributed by atoms with Crippen molar-refractivity contribution in [3.05, 3.63) is 74.6 Å². The molecule has 0 fully saturated rings. The molecule has 2 aromatic carbocycles. The molecule has 0 spiro atoms. The number of hydrazone groups is 1. The van der Waals surface area contributed by atoms with E-state index in [1.165, 1.54) is 17.6 Å². The Morgan fingerprint density at radius 3 is 2.65 bits per heavy atom. The number of anilines is 1. The van der Waals surface area contributed by atoms with Gasteiger partial charge in [0.1, 0.15) is 17.7 Å². The summed E-state index contributed by atoms with van der Waals surface area (Å²) in [7, 11) is 0. The zero-order valence-corrected chi connectivity index (χ0v) is 21.7. The maximum absolute atomic E-state index is 12.4. The Labute approximate surface area is 223 Å². The van der Waals surface area contributed by atoms with E-state index in [1.54, 1.807) is 30.3 Å². The van der Waals surface area contributed by atoms with Crippen LogP contribution >= 0.6 is 22.9 Å². The first kappa shape index (κ1) is 26.2. The molecule has 0 saturated carbocycles. The molecule has 8 nitrogen and oxygen atoms in total. The minimum absolute atomic E-state index is 0.344. The average molecular weight is 537 g/mol. The van der Waals surface area contributed by atoms with Crippen LogP contribution in [0.2, 0.25) is 5.02 Å². The van der Waals surface area contributed by atoms with Crippen LogP contribution in [0.1, 0.15) is 46.9 Å². The summed E-state index contributed by atoms with van der Waals surface area (Å²) >= 11 is 7.29. The molecule has 0 aliphatic heterocycles. The number of hydrogen-bond donors (Lipinski definition) is 2. The lowest BCUT2D eigenvalue weighted by Crippen LogP contribution is -2.32. The maximum atomic E-state index is 12.4. The van der Waals surface area contributed by atoms with Gasteiger partial charge in [-0.15, -0.1) is 11.3 Å². The Hall–Kier alpha value is -3.87. The number of nitriles is 1. The molecule has 0 atom stereocenters. The van der Waals surface area contributed by atoms with Gasteiger partial charge in [0.15, 0.2) is 11.5 Å².